The van der Waals surface area contributed by atoms with E-state index in [1.807, 2.05) is 0 Å². The topological polar surface area (TPSA) is 58.6 Å². The van der Waals surface area contributed by atoms with Crippen molar-refractivity contribution in [1.29, 1.82) is 0 Å². The minimum atomic E-state index is -0.330. The first-order valence-corrected chi connectivity index (χ1v) is 8.42. The van der Waals surface area contributed by atoms with Crippen molar-refractivity contribution in [2.24, 2.45) is 5.92 Å². The third-order valence-electron chi connectivity index (χ3n) is 4.81. The van der Waals surface area contributed by atoms with Crippen LogP contribution in [0, 0.1) is 5.92 Å². The predicted molar refractivity (Wildman–Crippen MR) is 78.7 cm³/mol. The Morgan fingerprint density at radius 1 is 1.10 bits per heavy atom. The number of likely N-dealkylation sites (tertiary alicyclic amines) is 1. The van der Waals surface area contributed by atoms with Crippen LogP contribution in [0.5, 0.6) is 0 Å². The molecule has 21 heavy (non-hydrogen) atoms. The van der Waals surface area contributed by atoms with Gasteiger partial charge in [-0.3, -0.25) is 14.5 Å². The van der Waals surface area contributed by atoms with Crippen molar-refractivity contribution in [3.63, 3.8) is 0 Å². The Balaban J connectivity index is 1.41. The lowest BCUT2D eigenvalue weighted by Crippen LogP contribution is -2.45. The van der Waals surface area contributed by atoms with Crippen molar-refractivity contribution in [3.05, 3.63) is 0 Å². The Bertz CT molecular complexity index is 389. The predicted octanol–water partition coefficient (Wildman–Crippen LogP) is 1.46. The van der Waals surface area contributed by atoms with Crippen LogP contribution in [-0.4, -0.2) is 48.6 Å². The summed E-state index contributed by atoms with van der Waals surface area (Å²) in [7, 11) is 0. The third-order valence-corrected chi connectivity index (χ3v) is 4.81. The van der Waals surface area contributed by atoms with E-state index in [4.69, 9.17) is 4.74 Å². The molecule has 3 rings (SSSR count). The maximum atomic E-state index is 12.4. The fraction of sp³-hybridized carbons (Fsp3) is 0.875. The van der Waals surface area contributed by atoms with Crippen LogP contribution in [0.2, 0.25) is 0 Å². The molecular formula is C16H26N2O3. The number of hydrogen-bond donors (Lipinski definition) is 1. The maximum absolute atomic E-state index is 12.4. The van der Waals surface area contributed by atoms with Gasteiger partial charge in [0, 0.05) is 19.2 Å². The van der Waals surface area contributed by atoms with E-state index in [1.165, 1.54) is 19.3 Å². The van der Waals surface area contributed by atoms with Gasteiger partial charge in [-0.05, 0) is 31.6 Å². The van der Waals surface area contributed by atoms with Gasteiger partial charge < -0.3 is 10.1 Å². The molecule has 1 heterocycles. The number of ether oxygens (including phenoxy) is 1. The summed E-state index contributed by atoms with van der Waals surface area (Å²) in [6, 6.07) is -0.180. The van der Waals surface area contributed by atoms with E-state index >= 15 is 0 Å². The number of nitrogens with zero attached hydrogens (tertiary/aromatic N) is 1. The van der Waals surface area contributed by atoms with E-state index in [0.717, 1.165) is 38.2 Å². The molecule has 0 aromatic heterocycles. The van der Waals surface area contributed by atoms with Gasteiger partial charge in [-0.2, -0.15) is 0 Å². The van der Waals surface area contributed by atoms with Crippen molar-refractivity contribution < 1.29 is 14.3 Å². The fourth-order valence-corrected chi connectivity index (χ4v) is 3.37. The highest BCUT2D eigenvalue weighted by Gasteiger charge is 2.42. The standard InChI is InChI=1S/C16H26N2O3/c19-15-10-14(17-8-9-21-11-12-6-7-12)16(20)18(15)13-4-2-1-3-5-13/h12-14,17H,1-11H2. The lowest BCUT2D eigenvalue weighted by molar-refractivity contribution is -0.142. The molecule has 0 radical (unpaired) electrons. The molecule has 0 spiro atoms. The molecule has 2 saturated carbocycles. The summed E-state index contributed by atoms with van der Waals surface area (Å²) in [5.74, 6) is 0.749. The second-order valence-electron chi connectivity index (χ2n) is 6.62. The molecule has 1 atom stereocenters. The number of carbonyl (C=O) groups is 2. The van der Waals surface area contributed by atoms with E-state index in [2.05, 4.69) is 5.32 Å². The quantitative estimate of drug-likeness (QED) is 0.570. The number of imide groups is 1. The van der Waals surface area contributed by atoms with E-state index < -0.39 is 0 Å². The van der Waals surface area contributed by atoms with E-state index in [-0.39, 0.29) is 23.9 Å². The molecule has 0 bridgehead atoms. The highest BCUT2D eigenvalue weighted by atomic mass is 16.5. The van der Waals surface area contributed by atoms with Gasteiger partial charge in [0.2, 0.25) is 11.8 Å². The summed E-state index contributed by atoms with van der Waals surface area (Å²) >= 11 is 0. The van der Waals surface area contributed by atoms with Crippen LogP contribution in [0.25, 0.3) is 0 Å². The fourth-order valence-electron chi connectivity index (χ4n) is 3.37. The summed E-state index contributed by atoms with van der Waals surface area (Å²) in [6.45, 7) is 2.11. The van der Waals surface area contributed by atoms with Gasteiger partial charge in [-0.15, -0.1) is 0 Å². The third kappa shape index (κ3) is 3.83. The minimum Gasteiger partial charge on any atom is -0.380 e. The summed E-state index contributed by atoms with van der Waals surface area (Å²) < 4.78 is 5.55. The monoisotopic (exact) mass is 294 g/mol. The number of nitrogens with one attached hydrogen (secondary N) is 1. The molecule has 1 saturated heterocycles. The normalized spacial score (nSPS) is 27.6. The molecule has 118 valence electrons. The molecule has 2 aliphatic carbocycles. The average molecular weight is 294 g/mol. The van der Waals surface area contributed by atoms with Gasteiger partial charge in [0.1, 0.15) is 0 Å². The lowest BCUT2D eigenvalue weighted by atomic mass is 9.94. The molecule has 3 fully saturated rings. The second kappa shape index (κ2) is 6.88. The van der Waals surface area contributed by atoms with Crippen LogP contribution in [-0.2, 0) is 14.3 Å². The molecule has 2 amide bonds. The molecule has 5 heteroatoms. The summed E-state index contributed by atoms with van der Waals surface area (Å²) in [5, 5.41) is 3.19. The van der Waals surface area contributed by atoms with Crippen LogP contribution < -0.4 is 5.32 Å². The van der Waals surface area contributed by atoms with Crippen molar-refractivity contribution in [1.82, 2.24) is 10.2 Å². The van der Waals surface area contributed by atoms with Crippen molar-refractivity contribution in [3.8, 4) is 0 Å². The number of amides is 2. The molecule has 1 N–H and O–H groups in total. The lowest BCUT2D eigenvalue weighted by Gasteiger charge is -2.29. The number of rotatable bonds is 7. The van der Waals surface area contributed by atoms with Crippen molar-refractivity contribution >= 4 is 11.8 Å². The molecular weight excluding hydrogens is 268 g/mol. The average Bonchev–Trinajstić information content (AvgIpc) is 3.26. The first-order valence-electron chi connectivity index (χ1n) is 8.42. The van der Waals surface area contributed by atoms with Crippen molar-refractivity contribution in [2.45, 2.75) is 63.5 Å². The molecule has 0 aromatic carbocycles. The smallest absolute Gasteiger partial charge is 0.247 e. The molecule has 5 nitrogen and oxygen atoms in total. The van der Waals surface area contributed by atoms with E-state index in [0.29, 0.717) is 19.6 Å². The Morgan fingerprint density at radius 2 is 1.86 bits per heavy atom. The largest absolute Gasteiger partial charge is 0.380 e. The molecule has 0 aromatic rings. The second-order valence-corrected chi connectivity index (χ2v) is 6.62. The minimum absolute atomic E-state index is 0.00305. The summed E-state index contributed by atoms with van der Waals surface area (Å²) in [4.78, 5) is 26.1. The van der Waals surface area contributed by atoms with Gasteiger partial charge in [0.15, 0.2) is 0 Å². The highest BCUT2D eigenvalue weighted by molar-refractivity contribution is 6.05. The van der Waals surface area contributed by atoms with Crippen LogP contribution in [0.4, 0.5) is 0 Å². The molecule has 3 aliphatic rings. The Kier molecular flexibility index (Phi) is 4.91. The van der Waals surface area contributed by atoms with Gasteiger partial charge in [0.05, 0.1) is 19.1 Å². The van der Waals surface area contributed by atoms with Crippen LogP contribution >= 0.6 is 0 Å². The molecule has 1 aliphatic heterocycles. The Morgan fingerprint density at radius 3 is 2.57 bits per heavy atom. The van der Waals surface area contributed by atoms with Crippen LogP contribution in [0.1, 0.15) is 51.4 Å². The van der Waals surface area contributed by atoms with Crippen LogP contribution in [0.3, 0.4) is 0 Å². The maximum Gasteiger partial charge on any atom is 0.247 e. The van der Waals surface area contributed by atoms with Crippen LogP contribution in [0.15, 0.2) is 0 Å². The van der Waals surface area contributed by atoms with E-state index in [1.54, 1.807) is 4.90 Å². The van der Waals surface area contributed by atoms with E-state index in [9.17, 15) is 9.59 Å². The zero-order valence-electron chi connectivity index (χ0n) is 12.7. The number of carbonyl (C=O) groups excluding carboxylic acids is 2. The zero-order chi connectivity index (χ0) is 14.7. The van der Waals surface area contributed by atoms with Gasteiger partial charge >= 0.3 is 0 Å². The Hall–Kier alpha value is -0.940. The SMILES string of the molecule is O=C1CC(NCCOCC2CC2)C(=O)N1C1CCCCC1. The van der Waals surface area contributed by atoms with Crippen molar-refractivity contribution in [2.75, 3.05) is 19.8 Å². The first kappa shape index (κ1) is 15.0. The first-order chi connectivity index (χ1) is 10.3. The Labute approximate surface area is 126 Å². The molecule has 1 unspecified atom stereocenters. The van der Waals surface area contributed by atoms with Gasteiger partial charge in [-0.1, -0.05) is 19.3 Å². The van der Waals surface area contributed by atoms with Gasteiger partial charge in [0.25, 0.3) is 0 Å². The number of hydrogen-bond acceptors (Lipinski definition) is 4. The summed E-state index contributed by atoms with van der Waals surface area (Å²) in [6.07, 6.45) is 8.36. The summed E-state index contributed by atoms with van der Waals surface area (Å²) in [5.41, 5.74) is 0. The zero-order valence-corrected chi connectivity index (χ0v) is 12.7. The van der Waals surface area contributed by atoms with Gasteiger partial charge in [-0.25, -0.2) is 0 Å². The highest BCUT2D eigenvalue weighted by Crippen LogP contribution is 2.29.